The van der Waals surface area contributed by atoms with Gasteiger partial charge in [0, 0.05) is 10.9 Å². The molecule has 5 heteroatoms. The van der Waals surface area contributed by atoms with Gasteiger partial charge in [0.25, 0.3) is 0 Å². The lowest BCUT2D eigenvalue weighted by molar-refractivity contribution is 1.15. The molecule has 0 aromatic carbocycles. The van der Waals surface area contributed by atoms with Crippen LogP contribution in [0.5, 0.6) is 0 Å². The first-order valence-electron chi connectivity index (χ1n) is 4.16. The van der Waals surface area contributed by atoms with Crippen LogP contribution in [0, 0.1) is 0 Å². The third-order valence-corrected chi connectivity index (χ3v) is 2.85. The first kappa shape index (κ1) is 10.6. The van der Waals surface area contributed by atoms with E-state index in [0.29, 0.717) is 10.8 Å². The Morgan fingerprint density at radius 3 is 2.73 bits per heavy atom. The van der Waals surface area contributed by atoms with Crippen LogP contribution in [0.2, 0.25) is 10.4 Å². The van der Waals surface area contributed by atoms with E-state index in [4.69, 9.17) is 23.2 Å². The molecular formula is C10H6Cl2N2S. The van der Waals surface area contributed by atoms with Crippen LogP contribution < -0.4 is 0 Å². The highest BCUT2D eigenvalue weighted by molar-refractivity contribution is 7.10. The zero-order valence-electron chi connectivity index (χ0n) is 7.52. The van der Waals surface area contributed by atoms with Crippen LogP contribution in [-0.4, -0.2) is 9.97 Å². The minimum atomic E-state index is 0.160. The molecule has 2 heterocycles. The quantitative estimate of drug-likeness (QED) is 0.600. The first-order chi connectivity index (χ1) is 7.24. The van der Waals surface area contributed by atoms with Crippen LogP contribution in [0.1, 0.15) is 10.6 Å². The van der Waals surface area contributed by atoms with Crippen molar-refractivity contribution in [2.45, 2.75) is 0 Å². The van der Waals surface area contributed by atoms with E-state index in [-0.39, 0.29) is 5.28 Å². The number of hydrogen-bond acceptors (Lipinski definition) is 3. The van der Waals surface area contributed by atoms with Crippen molar-refractivity contribution in [1.29, 1.82) is 0 Å². The van der Waals surface area contributed by atoms with Crippen molar-refractivity contribution in [3.05, 3.63) is 44.6 Å². The number of thiophene rings is 1. The third kappa shape index (κ3) is 3.02. The lowest BCUT2D eigenvalue weighted by Gasteiger charge is -1.94. The van der Waals surface area contributed by atoms with Gasteiger partial charge >= 0.3 is 0 Å². The highest BCUT2D eigenvalue weighted by Crippen LogP contribution is 2.15. The number of aromatic nitrogens is 2. The van der Waals surface area contributed by atoms with E-state index in [1.807, 2.05) is 29.7 Å². The Labute approximate surface area is 101 Å². The van der Waals surface area contributed by atoms with Gasteiger partial charge in [-0.3, -0.25) is 0 Å². The number of rotatable bonds is 2. The Kier molecular flexibility index (Phi) is 3.36. The van der Waals surface area contributed by atoms with E-state index in [1.54, 1.807) is 17.4 Å². The van der Waals surface area contributed by atoms with Crippen molar-refractivity contribution in [3.63, 3.8) is 0 Å². The van der Waals surface area contributed by atoms with E-state index in [2.05, 4.69) is 9.97 Å². The SMILES string of the molecule is Clc1cc(/C=C/c2cccs2)nc(Cl)n1. The summed E-state index contributed by atoms with van der Waals surface area (Å²) in [5.74, 6) is 0. The molecule has 0 aliphatic carbocycles. The molecule has 0 radical (unpaired) electrons. The number of nitrogens with zero attached hydrogens (tertiary/aromatic N) is 2. The van der Waals surface area contributed by atoms with E-state index in [9.17, 15) is 0 Å². The Morgan fingerprint density at radius 1 is 1.20 bits per heavy atom. The van der Waals surface area contributed by atoms with Gasteiger partial charge in [-0.05, 0) is 35.2 Å². The van der Waals surface area contributed by atoms with Gasteiger partial charge in [0.1, 0.15) is 5.15 Å². The summed E-state index contributed by atoms with van der Waals surface area (Å²) in [5.41, 5.74) is 0.702. The zero-order chi connectivity index (χ0) is 10.7. The molecule has 2 nitrogen and oxygen atoms in total. The zero-order valence-corrected chi connectivity index (χ0v) is 9.85. The first-order valence-corrected chi connectivity index (χ1v) is 5.79. The van der Waals surface area contributed by atoms with Crippen LogP contribution >= 0.6 is 34.5 Å². The molecule has 0 saturated heterocycles. The number of hydrogen-bond donors (Lipinski definition) is 0. The van der Waals surface area contributed by atoms with Crippen LogP contribution in [0.25, 0.3) is 12.2 Å². The summed E-state index contributed by atoms with van der Waals surface area (Å²) in [7, 11) is 0. The summed E-state index contributed by atoms with van der Waals surface area (Å²) >= 11 is 13.1. The molecule has 0 amide bonds. The average Bonchev–Trinajstić information content (AvgIpc) is 2.65. The molecule has 0 aliphatic rings. The summed E-state index contributed by atoms with van der Waals surface area (Å²) in [4.78, 5) is 8.94. The molecule has 0 bridgehead atoms. The fourth-order valence-corrected chi connectivity index (χ4v) is 2.09. The second-order valence-electron chi connectivity index (χ2n) is 2.73. The van der Waals surface area contributed by atoms with Crippen molar-refractivity contribution in [3.8, 4) is 0 Å². The predicted molar refractivity (Wildman–Crippen MR) is 65.3 cm³/mol. The summed E-state index contributed by atoms with van der Waals surface area (Å²) in [6.07, 6.45) is 3.81. The molecule has 0 aliphatic heterocycles. The fourth-order valence-electron chi connectivity index (χ4n) is 1.05. The maximum absolute atomic E-state index is 5.74. The van der Waals surface area contributed by atoms with Gasteiger partial charge in [-0.25, -0.2) is 9.97 Å². The molecular weight excluding hydrogens is 251 g/mol. The molecule has 15 heavy (non-hydrogen) atoms. The van der Waals surface area contributed by atoms with Crippen molar-refractivity contribution >= 4 is 46.7 Å². The van der Waals surface area contributed by atoms with E-state index in [1.165, 1.54) is 0 Å². The van der Waals surface area contributed by atoms with Gasteiger partial charge in [0.2, 0.25) is 5.28 Å². The molecule has 2 aromatic rings. The standard InChI is InChI=1S/C10H6Cl2N2S/c11-9-6-7(13-10(12)14-9)3-4-8-2-1-5-15-8/h1-6H/b4-3+. The Hall–Kier alpha value is -0.900. The normalized spacial score (nSPS) is 11.1. The molecule has 0 unspecified atom stereocenters. The smallest absolute Gasteiger partial charge is 0.218 e. The summed E-state index contributed by atoms with van der Waals surface area (Å²) in [5, 5.41) is 2.52. The van der Waals surface area contributed by atoms with Crippen LogP contribution in [0.15, 0.2) is 23.6 Å². The highest BCUT2D eigenvalue weighted by atomic mass is 35.5. The Balaban J connectivity index is 2.24. The minimum Gasteiger partial charge on any atom is -0.218 e. The van der Waals surface area contributed by atoms with E-state index >= 15 is 0 Å². The maximum Gasteiger partial charge on any atom is 0.224 e. The second-order valence-corrected chi connectivity index (χ2v) is 4.44. The van der Waals surface area contributed by atoms with Gasteiger partial charge in [-0.15, -0.1) is 11.3 Å². The molecule has 0 spiro atoms. The minimum absolute atomic E-state index is 0.160. The van der Waals surface area contributed by atoms with Gasteiger partial charge in [0.15, 0.2) is 0 Å². The monoisotopic (exact) mass is 256 g/mol. The van der Waals surface area contributed by atoms with E-state index in [0.717, 1.165) is 4.88 Å². The summed E-state index contributed by atoms with van der Waals surface area (Å²) in [6.45, 7) is 0. The van der Waals surface area contributed by atoms with Gasteiger partial charge < -0.3 is 0 Å². The van der Waals surface area contributed by atoms with Crippen molar-refractivity contribution in [2.24, 2.45) is 0 Å². The fraction of sp³-hybridized carbons (Fsp3) is 0. The molecule has 0 saturated carbocycles. The summed E-state index contributed by atoms with van der Waals surface area (Å²) in [6, 6.07) is 5.67. The van der Waals surface area contributed by atoms with Gasteiger partial charge in [0.05, 0.1) is 5.69 Å². The van der Waals surface area contributed by atoms with Crippen LogP contribution in [0.4, 0.5) is 0 Å². The third-order valence-electron chi connectivity index (χ3n) is 1.65. The molecule has 76 valence electrons. The van der Waals surface area contributed by atoms with Crippen molar-refractivity contribution in [1.82, 2.24) is 9.97 Å². The molecule has 0 N–H and O–H groups in total. The van der Waals surface area contributed by atoms with Gasteiger partial charge in [-0.2, -0.15) is 0 Å². The molecule has 0 atom stereocenters. The number of halogens is 2. The van der Waals surface area contributed by atoms with Crippen molar-refractivity contribution < 1.29 is 0 Å². The molecule has 2 aromatic heterocycles. The second kappa shape index (κ2) is 4.75. The lowest BCUT2D eigenvalue weighted by Crippen LogP contribution is -1.86. The largest absolute Gasteiger partial charge is 0.224 e. The summed E-state index contributed by atoms with van der Waals surface area (Å²) < 4.78 is 0. The van der Waals surface area contributed by atoms with E-state index < -0.39 is 0 Å². The average molecular weight is 257 g/mol. The topological polar surface area (TPSA) is 25.8 Å². The molecule has 2 rings (SSSR count). The molecule has 0 fully saturated rings. The lowest BCUT2D eigenvalue weighted by atomic mass is 10.3. The predicted octanol–water partition coefficient (Wildman–Crippen LogP) is 4.02. The maximum atomic E-state index is 5.74. The van der Waals surface area contributed by atoms with Crippen LogP contribution in [-0.2, 0) is 0 Å². The highest BCUT2D eigenvalue weighted by Gasteiger charge is 1.97. The Morgan fingerprint density at radius 2 is 2.07 bits per heavy atom. The van der Waals surface area contributed by atoms with Crippen LogP contribution in [0.3, 0.4) is 0 Å². The van der Waals surface area contributed by atoms with Gasteiger partial charge in [-0.1, -0.05) is 17.7 Å². The van der Waals surface area contributed by atoms with Crippen molar-refractivity contribution in [2.75, 3.05) is 0 Å². The Bertz CT molecular complexity index is 460.